The van der Waals surface area contributed by atoms with Gasteiger partial charge in [-0.05, 0) is 52.0 Å². The second kappa shape index (κ2) is 8.67. The molecule has 1 aromatic heterocycles. The van der Waals surface area contributed by atoms with Crippen LogP contribution in [0.25, 0.3) is 5.69 Å². The molecular formula is C19H28N4S. The first kappa shape index (κ1) is 17.5. The Labute approximate surface area is 149 Å². The number of benzene rings is 1. The number of nitrogens with zero attached hydrogens (tertiary/aromatic N) is 4. The third-order valence-electron chi connectivity index (χ3n) is 4.62. The SMILES string of the molecule is CN(C)CCCSc1nnc(C2CCCCC2)n1-c1ccccc1. The van der Waals surface area contributed by atoms with Crippen LogP contribution in [0.3, 0.4) is 0 Å². The van der Waals surface area contributed by atoms with Crippen LogP contribution in [0, 0.1) is 0 Å². The Bertz CT molecular complexity index is 618. The molecule has 2 aromatic rings. The first-order valence-corrected chi connectivity index (χ1v) is 10.0. The molecule has 0 atom stereocenters. The molecule has 24 heavy (non-hydrogen) atoms. The summed E-state index contributed by atoms with van der Waals surface area (Å²) in [4.78, 5) is 2.23. The zero-order chi connectivity index (χ0) is 16.8. The maximum absolute atomic E-state index is 4.61. The van der Waals surface area contributed by atoms with Crippen LogP contribution in [0.4, 0.5) is 0 Å². The molecule has 3 rings (SSSR count). The normalized spacial score (nSPS) is 16.0. The van der Waals surface area contributed by atoms with Crippen molar-refractivity contribution in [2.45, 2.75) is 49.6 Å². The Balaban J connectivity index is 1.81. The number of hydrogen-bond acceptors (Lipinski definition) is 4. The predicted octanol–water partition coefficient (Wildman–Crippen LogP) is 4.36. The van der Waals surface area contributed by atoms with Crippen LogP contribution >= 0.6 is 11.8 Å². The van der Waals surface area contributed by atoms with Crippen molar-refractivity contribution in [2.75, 3.05) is 26.4 Å². The molecule has 0 saturated heterocycles. The van der Waals surface area contributed by atoms with Gasteiger partial charge in [-0.15, -0.1) is 10.2 Å². The molecule has 0 unspecified atom stereocenters. The second-order valence-electron chi connectivity index (χ2n) is 6.85. The number of hydrogen-bond donors (Lipinski definition) is 0. The van der Waals surface area contributed by atoms with Crippen LogP contribution < -0.4 is 0 Å². The Kier molecular flexibility index (Phi) is 6.32. The zero-order valence-electron chi connectivity index (χ0n) is 14.8. The van der Waals surface area contributed by atoms with Crippen molar-refractivity contribution in [3.63, 3.8) is 0 Å². The van der Waals surface area contributed by atoms with Gasteiger partial charge in [0.05, 0.1) is 0 Å². The van der Waals surface area contributed by atoms with Gasteiger partial charge in [0.25, 0.3) is 0 Å². The van der Waals surface area contributed by atoms with Crippen molar-refractivity contribution in [1.29, 1.82) is 0 Å². The Morgan fingerprint density at radius 2 is 1.83 bits per heavy atom. The highest BCUT2D eigenvalue weighted by Crippen LogP contribution is 2.34. The molecule has 1 aliphatic carbocycles. The van der Waals surface area contributed by atoms with Crippen molar-refractivity contribution in [1.82, 2.24) is 19.7 Å². The van der Waals surface area contributed by atoms with Gasteiger partial charge in [-0.25, -0.2) is 0 Å². The van der Waals surface area contributed by atoms with E-state index < -0.39 is 0 Å². The molecule has 4 nitrogen and oxygen atoms in total. The van der Waals surface area contributed by atoms with E-state index in [1.165, 1.54) is 37.8 Å². The molecule has 0 N–H and O–H groups in total. The Morgan fingerprint density at radius 1 is 1.08 bits per heavy atom. The topological polar surface area (TPSA) is 34.0 Å². The summed E-state index contributed by atoms with van der Waals surface area (Å²) in [7, 11) is 4.25. The standard InChI is InChI=1S/C19H28N4S/c1-22(2)14-9-15-24-19-21-20-18(16-10-5-3-6-11-16)23(19)17-12-7-4-8-13-17/h4,7-8,12-13,16H,3,5-6,9-11,14-15H2,1-2H3. The summed E-state index contributed by atoms with van der Waals surface area (Å²) in [5.74, 6) is 2.80. The molecule has 0 aliphatic heterocycles. The van der Waals surface area contributed by atoms with Crippen molar-refractivity contribution in [3.8, 4) is 5.69 Å². The van der Waals surface area contributed by atoms with E-state index in [0.29, 0.717) is 5.92 Å². The minimum atomic E-state index is 0.558. The second-order valence-corrected chi connectivity index (χ2v) is 7.91. The summed E-state index contributed by atoms with van der Waals surface area (Å²) in [5.41, 5.74) is 1.19. The summed E-state index contributed by atoms with van der Waals surface area (Å²) < 4.78 is 2.30. The number of para-hydroxylation sites is 1. The van der Waals surface area contributed by atoms with Gasteiger partial charge >= 0.3 is 0 Å². The van der Waals surface area contributed by atoms with E-state index in [-0.39, 0.29) is 0 Å². The quantitative estimate of drug-likeness (QED) is 0.552. The van der Waals surface area contributed by atoms with Crippen LogP contribution in [0.5, 0.6) is 0 Å². The highest BCUT2D eigenvalue weighted by atomic mass is 32.2. The summed E-state index contributed by atoms with van der Waals surface area (Å²) in [6.07, 6.45) is 7.65. The largest absolute Gasteiger partial charge is 0.309 e. The third-order valence-corrected chi connectivity index (χ3v) is 5.64. The minimum Gasteiger partial charge on any atom is -0.309 e. The van der Waals surface area contributed by atoms with E-state index in [9.17, 15) is 0 Å². The van der Waals surface area contributed by atoms with E-state index in [4.69, 9.17) is 0 Å². The monoisotopic (exact) mass is 344 g/mol. The van der Waals surface area contributed by atoms with E-state index in [1.54, 1.807) is 0 Å². The maximum Gasteiger partial charge on any atom is 0.195 e. The lowest BCUT2D eigenvalue weighted by molar-refractivity contribution is 0.410. The Morgan fingerprint density at radius 3 is 2.54 bits per heavy atom. The van der Waals surface area contributed by atoms with Crippen LogP contribution in [0.2, 0.25) is 0 Å². The van der Waals surface area contributed by atoms with Gasteiger partial charge in [0.2, 0.25) is 0 Å². The van der Waals surface area contributed by atoms with E-state index in [1.807, 2.05) is 11.8 Å². The number of rotatable bonds is 7. The highest BCUT2D eigenvalue weighted by molar-refractivity contribution is 7.99. The van der Waals surface area contributed by atoms with Gasteiger partial charge in [0, 0.05) is 17.4 Å². The molecule has 0 spiro atoms. The molecular weight excluding hydrogens is 316 g/mol. The van der Waals surface area contributed by atoms with Gasteiger partial charge in [0.1, 0.15) is 5.82 Å². The van der Waals surface area contributed by atoms with Gasteiger partial charge in [-0.1, -0.05) is 49.2 Å². The molecule has 1 fully saturated rings. The minimum absolute atomic E-state index is 0.558. The predicted molar refractivity (Wildman–Crippen MR) is 101 cm³/mol. The van der Waals surface area contributed by atoms with Crippen molar-refractivity contribution >= 4 is 11.8 Å². The number of aromatic nitrogens is 3. The highest BCUT2D eigenvalue weighted by Gasteiger charge is 2.24. The summed E-state index contributed by atoms with van der Waals surface area (Å²) in [6, 6.07) is 10.6. The Hall–Kier alpha value is -1.33. The summed E-state index contributed by atoms with van der Waals surface area (Å²) in [5, 5.41) is 10.2. The van der Waals surface area contributed by atoms with E-state index >= 15 is 0 Å². The van der Waals surface area contributed by atoms with Crippen LogP contribution in [0.15, 0.2) is 35.5 Å². The maximum atomic E-state index is 4.61. The lowest BCUT2D eigenvalue weighted by atomic mass is 9.88. The molecule has 1 aromatic carbocycles. The molecule has 1 aliphatic rings. The number of thioether (sulfide) groups is 1. The zero-order valence-corrected chi connectivity index (χ0v) is 15.6. The molecule has 0 amide bonds. The smallest absolute Gasteiger partial charge is 0.195 e. The van der Waals surface area contributed by atoms with E-state index in [2.05, 4.69) is 64.1 Å². The van der Waals surface area contributed by atoms with Gasteiger partial charge in [-0.2, -0.15) is 0 Å². The van der Waals surface area contributed by atoms with Crippen molar-refractivity contribution < 1.29 is 0 Å². The third kappa shape index (κ3) is 4.39. The van der Waals surface area contributed by atoms with Crippen LogP contribution in [-0.2, 0) is 0 Å². The fraction of sp³-hybridized carbons (Fsp3) is 0.579. The molecule has 1 heterocycles. The molecule has 1 saturated carbocycles. The van der Waals surface area contributed by atoms with Gasteiger partial charge < -0.3 is 4.90 Å². The fourth-order valence-electron chi connectivity index (χ4n) is 3.36. The van der Waals surface area contributed by atoms with Gasteiger partial charge in [0.15, 0.2) is 5.16 Å². The van der Waals surface area contributed by atoms with Crippen LogP contribution in [-0.4, -0.2) is 46.1 Å². The molecule has 5 heteroatoms. The summed E-state index contributed by atoms with van der Waals surface area (Å²) in [6.45, 7) is 1.11. The molecule has 0 radical (unpaired) electrons. The fourth-order valence-corrected chi connectivity index (χ4v) is 4.25. The molecule has 0 bridgehead atoms. The average Bonchev–Trinajstić information content (AvgIpc) is 3.04. The first-order chi connectivity index (χ1) is 11.8. The van der Waals surface area contributed by atoms with E-state index in [0.717, 1.165) is 29.7 Å². The van der Waals surface area contributed by atoms with Crippen molar-refractivity contribution in [2.24, 2.45) is 0 Å². The molecule has 130 valence electrons. The average molecular weight is 345 g/mol. The van der Waals surface area contributed by atoms with Crippen molar-refractivity contribution in [3.05, 3.63) is 36.2 Å². The summed E-state index contributed by atoms with van der Waals surface area (Å²) >= 11 is 1.83. The lowest BCUT2D eigenvalue weighted by Gasteiger charge is -2.22. The van der Waals surface area contributed by atoms with Crippen LogP contribution in [0.1, 0.15) is 50.3 Å². The first-order valence-electron chi connectivity index (χ1n) is 9.04. The van der Waals surface area contributed by atoms with Gasteiger partial charge in [-0.3, -0.25) is 4.57 Å². The lowest BCUT2D eigenvalue weighted by Crippen LogP contribution is -2.14.